The third-order valence-corrected chi connectivity index (χ3v) is 2.76. The Hall–Kier alpha value is -1.07. The van der Waals surface area contributed by atoms with Gasteiger partial charge < -0.3 is 14.9 Å². The van der Waals surface area contributed by atoms with Gasteiger partial charge in [-0.25, -0.2) is 0 Å². The Balaban J connectivity index is 2.55. The van der Waals surface area contributed by atoms with Crippen molar-refractivity contribution in [3.63, 3.8) is 0 Å². The normalized spacial score (nSPS) is 12.1. The molecule has 0 radical (unpaired) electrons. The van der Waals surface area contributed by atoms with Gasteiger partial charge in [-0.2, -0.15) is 0 Å². The second kappa shape index (κ2) is 6.50. The smallest absolute Gasteiger partial charge is 0.310 e. The molecule has 1 rings (SSSR count). The van der Waals surface area contributed by atoms with Gasteiger partial charge in [0.15, 0.2) is 0 Å². The van der Waals surface area contributed by atoms with Crippen LogP contribution >= 0.6 is 15.9 Å². The summed E-state index contributed by atoms with van der Waals surface area (Å²) in [5, 5.41) is 17.6. The first kappa shape index (κ1) is 13.0. The van der Waals surface area contributed by atoms with Gasteiger partial charge in [-0.1, -0.05) is 12.1 Å². The molecule has 1 aromatic carbocycles. The maximum Gasteiger partial charge on any atom is 0.310 e. The molecule has 0 amide bonds. The molecule has 0 spiro atoms. The van der Waals surface area contributed by atoms with Gasteiger partial charge in [0.1, 0.15) is 12.4 Å². The zero-order valence-electron chi connectivity index (χ0n) is 8.60. The lowest BCUT2D eigenvalue weighted by atomic mass is 10.1. The molecule has 0 saturated carbocycles. The van der Waals surface area contributed by atoms with Crippen LogP contribution in [-0.4, -0.2) is 29.4 Å². The molecule has 0 heterocycles. The Labute approximate surface area is 102 Å². The van der Waals surface area contributed by atoms with E-state index in [4.69, 9.17) is 14.9 Å². The van der Waals surface area contributed by atoms with Crippen molar-refractivity contribution >= 4 is 21.9 Å². The average Bonchev–Trinajstić information content (AvgIpc) is 2.26. The largest absolute Gasteiger partial charge is 0.492 e. The lowest BCUT2D eigenvalue weighted by molar-refractivity contribution is -0.143. The highest BCUT2D eigenvalue weighted by Gasteiger charge is 2.17. The predicted molar refractivity (Wildman–Crippen MR) is 62.5 cm³/mol. The van der Waals surface area contributed by atoms with Gasteiger partial charge in [-0.3, -0.25) is 4.79 Å². The molecule has 1 aromatic rings. The summed E-state index contributed by atoms with van der Waals surface area (Å²) in [6.45, 7) is -0.102. The van der Waals surface area contributed by atoms with Crippen LogP contribution in [0.3, 0.4) is 0 Å². The molecular formula is C11H13BrO4. The number of hydrogen-bond acceptors (Lipinski definition) is 3. The van der Waals surface area contributed by atoms with Crippen molar-refractivity contribution in [1.82, 2.24) is 0 Å². The molecular weight excluding hydrogens is 276 g/mol. The first-order valence-corrected chi connectivity index (χ1v) is 5.65. The van der Waals surface area contributed by atoms with E-state index in [0.717, 1.165) is 4.47 Å². The molecule has 0 aliphatic rings. The first-order chi connectivity index (χ1) is 7.65. The topological polar surface area (TPSA) is 66.8 Å². The highest BCUT2D eigenvalue weighted by atomic mass is 79.9. The standard InChI is InChI=1S/C11H13BrO4/c12-9-3-1-2-4-10(9)16-7-8(5-6-13)11(14)15/h1-4,8,13H,5-7H2,(H,14,15). The quantitative estimate of drug-likeness (QED) is 0.839. The van der Waals surface area contributed by atoms with Crippen molar-refractivity contribution in [1.29, 1.82) is 0 Å². The van der Waals surface area contributed by atoms with Crippen molar-refractivity contribution in [3.8, 4) is 5.75 Å². The lowest BCUT2D eigenvalue weighted by Gasteiger charge is -2.13. The Morgan fingerprint density at radius 2 is 2.12 bits per heavy atom. The number of aliphatic hydroxyl groups is 1. The molecule has 1 atom stereocenters. The highest BCUT2D eigenvalue weighted by Crippen LogP contribution is 2.24. The minimum absolute atomic E-state index is 0.0541. The molecule has 5 heteroatoms. The molecule has 88 valence electrons. The molecule has 4 nitrogen and oxygen atoms in total. The summed E-state index contributed by atoms with van der Waals surface area (Å²) in [4.78, 5) is 10.8. The van der Waals surface area contributed by atoms with Gasteiger partial charge in [0.2, 0.25) is 0 Å². The Bertz CT molecular complexity index is 354. The number of aliphatic carboxylic acids is 1. The molecule has 0 aliphatic carbocycles. The SMILES string of the molecule is O=C(O)C(CCO)COc1ccccc1Br. The Morgan fingerprint density at radius 1 is 1.44 bits per heavy atom. The molecule has 0 aromatic heterocycles. The predicted octanol–water partition coefficient (Wildman–Crippen LogP) is 1.91. The van der Waals surface area contributed by atoms with E-state index in [1.807, 2.05) is 18.2 Å². The van der Waals surface area contributed by atoms with Crippen molar-refractivity contribution in [3.05, 3.63) is 28.7 Å². The average molecular weight is 289 g/mol. The molecule has 0 aliphatic heterocycles. The lowest BCUT2D eigenvalue weighted by Crippen LogP contribution is -2.22. The summed E-state index contributed by atoms with van der Waals surface area (Å²) in [5.41, 5.74) is 0. The van der Waals surface area contributed by atoms with Gasteiger partial charge in [-0.15, -0.1) is 0 Å². The number of hydrogen-bond donors (Lipinski definition) is 2. The van der Waals surface area contributed by atoms with Gasteiger partial charge in [0.05, 0.1) is 10.4 Å². The van der Waals surface area contributed by atoms with Crippen LogP contribution in [0.5, 0.6) is 5.75 Å². The summed E-state index contributed by atoms with van der Waals surface area (Å²) >= 11 is 3.30. The molecule has 16 heavy (non-hydrogen) atoms. The molecule has 1 unspecified atom stereocenters. The third kappa shape index (κ3) is 3.83. The van der Waals surface area contributed by atoms with Crippen LogP contribution in [0.25, 0.3) is 0 Å². The fraction of sp³-hybridized carbons (Fsp3) is 0.364. The molecule has 0 bridgehead atoms. The van der Waals surface area contributed by atoms with Crippen LogP contribution in [0.15, 0.2) is 28.7 Å². The minimum atomic E-state index is -0.957. The Morgan fingerprint density at radius 3 is 2.69 bits per heavy atom. The number of rotatable bonds is 6. The monoisotopic (exact) mass is 288 g/mol. The number of carboxylic acids is 1. The van der Waals surface area contributed by atoms with Crippen LogP contribution < -0.4 is 4.74 Å². The van der Waals surface area contributed by atoms with Crippen molar-refractivity contribution in [2.45, 2.75) is 6.42 Å². The summed E-state index contributed by atoms with van der Waals surface area (Å²) in [7, 11) is 0. The number of halogens is 1. The van der Waals surface area contributed by atoms with E-state index in [1.54, 1.807) is 6.07 Å². The van der Waals surface area contributed by atoms with Crippen molar-refractivity contribution < 1.29 is 19.7 Å². The summed E-state index contributed by atoms with van der Waals surface area (Å²) in [6, 6.07) is 7.22. The summed E-state index contributed by atoms with van der Waals surface area (Å²) in [5.74, 6) is -1.04. The van der Waals surface area contributed by atoms with E-state index in [0.29, 0.717) is 5.75 Å². The van der Waals surface area contributed by atoms with E-state index in [2.05, 4.69) is 15.9 Å². The fourth-order valence-corrected chi connectivity index (χ4v) is 1.59. The number of carboxylic acid groups (broad SMARTS) is 1. The van der Waals surface area contributed by atoms with Crippen LogP contribution in [-0.2, 0) is 4.79 Å². The molecule has 2 N–H and O–H groups in total. The number of benzene rings is 1. The zero-order chi connectivity index (χ0) is 12.0. The van der Waals surface area contributed by atoms with Crippen molar-refractivity contribution in [2.75, 3.05) is 13.2 Å². The number of aliphatic hydroxyl groups excluding tert-OH is 1. The zero-order valence-corrected chi connectivity index (χ0v) is 10.2. The maximum absolute atomic E-state index is 10.8. The van der Waals surface area contributed by atoms with Gasteiger partial charge in [0, 0.05) is 6.61 Å². The van der Waals surface area contributed by atoms with E-state index in [9.17, 15) is 4.79 Å². The molecule has 0 saturated heterocycles. The number of para-hydroxylation sites is 1. The van der Waals surface area contributed by atoms with E-state index >= 15 is 0 Å². The fourth-order valence-electron chi connectivity index (χ4n) is 1.19. The van der Waals surface area contributed by atoms with Gasteiger partial charge in [-0.05, 0) is 34.5 Å². The Kier molecular flexibility index (Phi) is 5.28. The first-order valence-electron chi connectivity index (χ1n) is 4.86. The van der Waals surface area contributed by atoms with E-state index in [-0.39, 0.29) is 19.6 Å². The highest BCUT2D eigenvalue weighted by molar-refractivity contribution is 9.10. The molecule has 0 fully saturated rings. The van der Waals surface area contributed by atoms with E-state index in [1.165, 1.54) is 0 Å². The van der Waals surface area contributed by atoms with Crippen LogP contribution in [0.1, 0.15) is 6.42 Å². The second-order valence-corrected chi connectivity index (χ2v) is 4.14. The van der Waals surface area contributed by atoms with E-state index < -0.39 is 11.9 Å². The number of carbonyl (C=O) groups is 1. The van der Waals surface area contributed by atoms with Crippen LogP contribution in [0, 0.1) is 5.92 Å². The summed E-state index contributed by atoms with van der Waals surface area (Å²) in [6.07, 6.45) is 0.194. The maximum atomic E-state index is 10.8. The summed E-state index contributed by atoms with van der Waals surface area (Å²) < 4.78 is 6.15. The second-order valence-electron chi connectivity index (χ2n) is 3.29. The van der Waals surface area contributed by atoms with Crippen LogP contribution in [0.4, 0.5) is 0 Å². The van der Waals surface area contributed by atoms with Gasteiger partial charge in [0.25, 0.3) is 0 Å². The third-order valence-electron chi connectivity index (χ3n) is 2.10. The number of ether oxygens (including phenoxy) is 1. The van der Waals surface area contributed by atoms with Gasteiger partial charge >= 0.3 is 5.97 Å². The van der Waals surface area contributed by atoms with Crippen LogP contribution in [0.2, 0.25) is 0 Å². The van der Waals surface area contributed by atoms with Crippen molar-refractivity contribution in [2.24, 2.45) is 5.92 Å². The minimum Gasteiger partial charge on any atom is -0.492 e.